The molecule has 4 aromatic rings. The van der Waals surface area contributed by atoms with Crippen molar-refractivity contribution in [3.05, 3.63) is 86.4 Å². The molecule has 0 spiro atoms. The number of para-hydroxylation sites is 1. The van der Waals surface area contributed by atoms with Crippen LogP contribution in [0.2, 0.25) is 0 Å². The molecule has 0 saturated carbocycles. The third-order valence-electron chi connectivity index (χ3n) is 4.54. The number of carbonyl (C=O) groups is 1. The minimum atomic E-state index is -0.0253. The first kappa shape index (κ1) is 20.5. The third kappa shape index (κ3) is 4.70. The van der Waals surface area contributed by atoms with Crippen LogP contribution in [0.5, 0.6) is 0 Å². The molecule has 2 N–H and O–H groups in total. The summed E-state index contributed by atoms with van der Waals surface area (Å²) < 4.78 is 2.02. The van der Waals surface area contributed by atoms with Gasteiger partial charge in [-0.25, -0.2) is 0 Å². The maximum atomic E-state index is 12.4. The Kier molecular flexibility index (Phi) is 6.62. The lowest BCUT2D eigenvalue weighted by Gasteiger charge is -2.08. The fraction of sp³-hybridized carbons (Fsp3) is 0.0870. The van der Waals surface area contributed by atoms with Crippen molar-refractivity contribution in [1.29, 1.82) is 0 Å². The number of hydrogen-bond acceptors (Lipinski definition) is 2. The zero-order valence-electron chi connectivity index (χ0n) is 15.4. The van der Waals surface area contributed by atoms with Gasteiger partial charge in [0.15, 0.2) is 0 Å². The number of H-pyrrole nitrogens is 1. The van der Waals surface area contributed by atoms with E-state index in [-0.39, 0.29) is 5.91 Å². The van der Waals surface area contributed by atoms with E-state index in [9.17, 15) is 4.79 Å². The minimum absolute atomic E-state index is 0.0253. The molecule has 3 aromatic carbocycles. The molecule has 0 atom stereocenters. The zero-order valence-corrected chi connectivity index (χ0v) is 20.0. The second-order valence-electron chi connectivity index (χ2n) is 6.47. The maximum Gasteiger partial charge on any atom is 0.252 e. The van der Waals surface area contributed by atoms with Gasteiger partial charge in [-0.2, -0.15) is 0 Å². The van der Waals surface area contributed by atoms with E-state index in [1.807, 2.05) is 30.3 Å². The molecule has 0 bridgehead atoms. The summed E-state index contributed by atoms with van der Waals surface area (Å²) in [5.41, 5.74) is 4.11. The van der Waals surface area contributed by atoms with Crippen molar-refractivity contribution in [2.75, 3.05) is 12.3 Å². The number of carbonyl (C=O) groups excluding carboxylic acids is 1. The summed E-state index contributed by atoms with van der Waals surface area (Å²) in [7, 11) is 0. The molecule has 0 aliphatic heterocycles. The number of aromatic nitrogens is 1. The largest absolute Gasteiger partial charge is 0.354 e. The highest BCUT2D eigenvalue weighted by atomic mass is 127. The topological polar surface area (TPSA) is 44.9 Å². The van der Waals surface area contributed by atoms with Crippen LogP contribution in [0.25, 0.3) is 22.2 Å². The number of nitrogens with one attached hydrogen (secondary N) is 2. The second-order valence-corrected chi connectivity index (χ2v) is 9.65. The van der Waals surface area contributed by atoms with Crippen molar-refractivity contribution in [1.82, 2.24) is 10.3 Å². The van der Waals surface area contributed by atoms with Gasteiger partial charge in [-0.1, -0.05) is 58.4 Å². The first-order valence-electron chi connectivity index (χ1n) is 9.15. The number of rotatable bonds is 6. The molecule has 4 rings (SSSR count). The zero-order chi connectivity index (χ0) is 20.2. The predicted octanol–water partition coefficient (Wildman–Crippen LogP) is 6.72. The standard InChI is InChI=1S/C23H18BrIN2OS/c24-16-11-9-15(10-12-16)21-22(18-6-2-4-8-20(18)27-21)29-14-13-26-23(28)17-5-1-3-7-19(17)25/h1-12,27H,13-14H2,(H,26,28). The van der Waals surface area contributed by atoms with Gasteiger partial charge in [-0.05, 0) is 58.5 Å². The summed E-state index contributed by atoms with van der Waals surface area (Å²) in [4.78, 5) is 17.2. The smallest absolute Gasteiger partial charge is 0.252 e. The Morgan fingerprint density at radius 1 is 1.00 bits per heavy atom. The van der Waals surface area contributed by atoms with Crippen LogP contribution in [-0.4, -0.2) is 23.2 Å². The van der Waals surface area contributed by atoms with Gasteiger partial charge in [-0.15, -0.1) is 11.8 Å². The van der Waals surface area contributed by atoms with Crippen LogP contribution in [0.4, 0.5) is 0 Å². The van der Waals surface area contributed by atoms with Gasteiger partial charge in [-0.3, -0.25) is 4.79 Å². The van der Waals surface area contributed by atoms with E-state index in [2.05, 4.69) is 91.3 Å². The molecule has 3 nitrogen and oxygen atoms in total. The fourth-order valence-electron chi connectivity index (χ4n) is 3.14. The first-order valence-corrected chi connectivity index (χ1v) is 12.0. The number of benzene rings is 3. The predicted molar refractivity (Wildman–Crippen MR) is 134 cm³/mol. The van der Waals surface area contributed by atoms with Crippen LogP contribution in [0.3, 0.4) is 0 Å². The van der Waals surface area contributed by atoms with Crippen molar-refractivity contribution in [2.45, 2.75) is 4.90 Å². The van der Waals surface area contributed by atoms with Gasteiger partial charge in [0.2, 0.25) is 0 Å². The summed E-state index contributed by atoms with van der Waals surface area (Å²) in [6.07, 6.45) is 0. The quantitative estimate of drug-likeness (QED) is 0.152. The summed E-state index contributed by atoms with van der Waals surface area (Å²) in [6.45, 7) is 0.605. The van der Waals surface area contributed by atoms with Crippen LogP contribution in [0, 0.1) is 3.57 Å². The molecule has 0 fully saturated rings. The molecule has 1 aromatic heterocycles. The Bertz CT molecular complexity index is 1160. The number of halogens is 2. The number of thioether (sulfide) groups is 1. The SMILES string of the molecule is O=C(NCCSc1c(-c2ccc(Br)cc2)[nH]c2ccccc12)c1ccccc1I. The molecular formula is C23H18BrIN2OS. The van der Waals surface area contributed by atoms with Crippen molar-refractivity contribution < 1.29 is 4.79 Å². The van der Waals surface area contributed by atoms with Crippen molar-refractivity contribution in [3.63, 3.8) is 0 Å². The van der Waals surface area contributed by atoms with Crippen molar-refractivity contribution >= 4 is 67.1 Å². The van der Waals surface area contributed by atoms with Crippen LogP contribution in [0.15, 0.2) is 82.2 Å². The first-order chi connectivity index (χ1) is 14.1. The molecule has 1 amide bonds. The van der Waals surface area contributed by atoms with Crippen LogP contribution in [0.1, 0.15) is 10.4 Å². The molecule has 0 aliphatic carbocycles. The van der Waals surface area contributed by atoms with Gasteiger partial charge in [0.25, 0.3) is 5.91 Å². The second kappa shape index (κ2) is 9.36. The Labute approximate surface area is 195 Å². The molecule has 0 unspecified atom stereocenters. The monoisotopic (exact) mass is 576 g/mol. The van der Waals surface area contributed by atoms with E-state index in [0.717, 1.165) is 36.1 Å². The minimum Gasteiger partial charge on any atom is -0.354 e. The van der Waals surface area contributed by atoms with E-state index >= 15 is 0 Å². The Hall–Kier alpha value is -1.77. The number of hydrogen-bond donors (Lipinski definition) is 2. The highest BCUT2D eigenvalue weighted by Gasteiger charge is 2.14. The van der Waals surface area contributed by atoms with E-state index in [1.54, 1.807) is 11.8 Å². The average Bonchev–Trinajstić information content (AvgIpc) is 3.10. The lowest BCUT2D eigenvalue weighted by Crippen LogP contribution is -2.26. The Morgan fingerprint density at radius 2 is 1.72 bits per heavy atom. The highest BCUT2D eigenvalue weighted by molar-refractivity contribution is 14.1. The molecule has 146 valence electrons. The van der Waals surface area contributed by atoms with Gasteiger partial charge in [0, 0.05) is 36.1 Å². The van der Waals surface area contributed by atoms with Crippen molar-refractivity contribution in [3.8, 4) is 11.3 Å². The summed E-state index contributed by atoms with van der Waals surface area (Å²) >= 11 is 7.46. The van der Waals surface area contributed by atoms with Crippen LogP contribution in [-0.2, 0) is 0 Å². The van der Waals surface area contributed by atoms with E-state index in [1.165, 1.54) is 10.3 Å². The molecule has 1 heterocycles. The molecule has 0 radical (unpaired) electrons. The number of aromatic amines is 1. The van der Waals surface area contributed by atoms with E-state index < -0.39 is 0 Å². The number of fused-ring (bicyclic) bond motifs is 1. The average molecular weight is 577 g/mol. The summed E-state index contributed by atoms with van der Waals surface area (Å²) in [6, 6.07) is 24.3. The Morgan fingerprint density at radius 3 is 2.52 bits per heavy atom. The van der Waals surface area contributed by atoms with Gasteiger partial charge < -0.3 is 10.3 Å². The third-order valence-corrected chi connectivity index (χ3v) is 7.13. The fourth-order valence-corrected chi connectivity index (χ4v) is 5.10. The van der Waals surface area contributed by atoms with Gasteiger partial charge >= 0.3 is 0 Å². The van der Waals surface area contributed by atoms with Crippen LogP contribution >= 0.6 is 50.3 Å². The molecular weight excluding hydrogens is 559 g/mol. The maximum absolute atomic E-state index is 12.4. The van der Waals surface area contributed by atoms with Crippen molar-refractivity contribution in [2.24, 2.45) is 0 Å². The molecule has 0 saturated heterocycles. The number of amides is 1. The van der Waals surface area contributed by atoms with E-state index in [0.29, 0.717) is 6.54 Å². The highest BCUT2D eigenvalue weighted by Crippen LogP contribution is 2.37. The summed E-state index contributed by atoms with van der Waals surface area (Å²) in [5.74, 6) is 0.767. The van der Waals surface area contributed by atoms with Crippen LogP contribution < -0.4 is 5.32 Å². The molecule has 29 heavy (non-hydrogen) atoms. The van der Waals surface area contributed by atoms with Gasteiger partial charge in [0.05, 0.1) is 11.3 Å². The molecule has 0 aliphatic rings. The van der Waals surface area contributed by atoms with E-state index in [4.69, 9.17) is 0 Å². The van der Waals surface area contributed by atoms with Gasteiger partial charge in [0.1, 0.15) is 0 Å². The lowest BCUT2D eigenvalue weighted by atomic mass is 10.1. The normalized spacial score (nSPS) is 11.0. The summed E-state index contributed by atoms with van der Waals surface area (Å²) in [5, 5.41) is 4.24. The Balaban J connectivity index is 1.50. The lowest BCUT2D eigenvalue weighted by molar-refractivity contribution is 0.0955. The molecule has 6 heteroatoms.